The number of carbonyl (C=O) groups excluding carboxylic acids is 1. The van der Waals surface area contributed by atoms with Gasteiger partial charge in [-0.15, -0.1) is 11.3 Å². The minimum Gasteiger partial charge on any atom is -0.478 e. The standard InChI is InChI=1S/C15H12ClNO3S/c1-9-11(16)3-2-4-12(9)17-15(20)14-10(7-8-21-14)5-6-13(18)19/h2-8H,1H3,(H,17,20)(H,18,19). The number of benzene rings is 1. The van der Waals surface area contributed by atoms with Crippen molar-refractivity contribution < 1.29 is 14.7 Å². The van der Waals surface area contributed by atoms with E-state index in [0.717, 1.165) is 11.6 Å². The van der Waals surface area contributed by atoms with Gasteiger partial charge in [-0.05, 0) is 47.7 Å². The number of nitrogens with one attached hydrogen (secondary N) is 1. The van der Waals surface area contributed by atoms with Gasteiger partial charge in [0.05, 0.1) is 4.88 Å². The number of halogens is 1. The lowest BCUT2D eigenvalue weighted by Gasteiger charge is -2.09. The summed E-state index contributed by atoms with van der Waals surface area (Å²) in [4.78, 5) is 23.3. The smallest absolute Gasteiger partial charge is 0.328 e. The fourth-order valence-electron chi connectivity index (χ4n) is 1.72. The van der Waals surface area contributed by atoms with E-state index >= 15 is 0 Å². The summed E-state index contributed by atoms with van der Waals surface area (Å²) in [5.74, 6) is -1.35. The molecule has 108 valence electrons. The summed E-state index contributed by atoms with van der Waals surface area (Å²) in [6, 6.07) is 6.96. The second kappa shape index (κ2) is 6.56. The van der Waals surface area contributed by atoms with Gasteiger partial charge in [-0.3, -0.25) is 4.79 Å². The Hall–Kier alpha value is -2.11. The molecular weight excluding hydrogens is 310 g/mol. The first kappa shape index (κ1) is 15.3. The molecule has 1 aromatic carbocycles. The Bertz CT molecular complexity index is 721. The van der Waals surface area contributed by atoms with Gasteiger partial charge >= 0.3 is 5.97 Å². The molecule has 0 bridgehead atoms. The number of carboxylic acid groups (broad SMARTS) is 1. The number of carboxylic acids is 1. The van der Waals surface area contributed by atoms with Crippen LogP contribution in [0.4, 0.5) is 5.69 Å². The molecule has 0 fully saturated rings. The van der Waals surface area contributed by atoms with Gasteiger partial charge < -0.3 is 10.4 Å². The van der Waals surface area contributed by atoms with Gasteiger partial charge in [0.15, 0.2) is 0 Å². The number of amides is 1. The molecule has 4 nitrogen and oxygen atoms in total. The van der Waals surface area contributed by atoms with Crippen molar-refractivity contribution in [3.05, 3.63) is 56.7 Å². The van der Waals surface area contributed by atoms with Crippen molar-refractivity contribution in [3.8, 4) is 0 Å². The van der Waals surface area contributed by atoms with Crippen molar-refractivity contribution in [2.75, 3.05) is 5.32 Å². The second-order valence-electron chi connectivity index (χ2n) is 4.24. The first-order chi connectivity index (χ1) is 9.99. The van der Waals surface area contributed by atoms with Crippen molar-refractivity contribution >= 4 is 46.6 Å². The molecule has 0 saturated carbocycles. The summed E-state index contributed by atoms with van der Waals surface area (Å²) in [5.41, 5.74) is 1.99. The summed E-state index contributed by atoms with van der Waals surface area (Å²) >= 11 is 7.26. The van der Waals surface area contributed by atoms with E-state index in [-0.39, 0.29) is 5.91 Å². The van der Waals surface area contributed by atoms with Crippen LogP contribution >= 0.6 is 22.9 Å². The van der Waals surface area contributed by atoms with E-state index in [1.54, 1.807) is 29.6 Å². The van der Waals surface area contributed by atoms with Crippen molar-refractivity contribution in [2.45, 2.75) is 6.92 Å². The molecule has 1 heterocycles. The molecule has 1 amide bonds. The van der Waals surface area contributed by atoms with Gasteiger partial charge in [-0.2, -0.15) is 0 Å². The minimum atomic E-state index is -1.06. The van der Waals surface area contributed by atoms with Crippen LogP contribution in [0.3, 0.4) is 0 Å². The molecular formula is C15H12ClNO3S. The van der Waals surface area contributed by atoms with Gasteiger partial charge in [0.25, 0.3) is 5.91 Å². The zero-order valence-electron chi connectivity index (χ0n) is 11.1. The molecule has 2 aromatic rings. The molecule has 0 unspecified atom stereocenters. The molecule has 0 aliphatic heterocycles. The van der Waals surface area contributed by atoms with Crippen LogP contribution < -0.4 is 5.32 Å². The summed E-state index contributed by atoms with van der Waals surface area (Å²) < 4.78 is 0. The number of aliphatic carboxylic acids is 1. The summed E-state index contributed by atoms with van der Waals surface area (Å²) in [7, 11) is 0. The Labute approximate surface area is 130 Å². The van der Waals surface area contributed by atoms with E-state index in [0.29, 0.717) is 21.2 Å². The zero-order valence-corrected chi connectivity index (χ0v) is 12.7. The Kier molecular flexibility index (Phi) is 4.77. The summed E-state index contributed by atoms with van der Waals surface area (Å²) in [6.07, 6.45) is 2.40. The van der Waals surface area contributed by atoms with Crippen LogP contribution in [0.1, 0.15) is 20.8 Å². The van der Waals surface area contributed by atoms with Gasteiger partial charge in [0, 0.05) is 16.8 Å². The quantitative estimate of drug-likeness (QED) is 0.834. The molecule has 2 rings (SSSR count). The van der Waals surface area contributed by atoms with Crippen LogP contribution in [-0.2, 0) is 4.79 Å². The number of anilines is 1. The Morgan fingerprint density at radius 2 is 2.10 bits per heavy atom. The van der Waals surface area contributed by atoms with E-state index in [2.05, 4.69) is 5.32 Å². The van der Waals surface area contributed by atoms with Crippen LogP contribution in [0.15, 0.2) is 35.7 Å². The first-order valence-electron chi connectivity index (χ1n) is 6.04. The Morgan fingerprint density at radius 1 is 1.33 bits per heavy atom. The van der Waals surface area contributed by atoms with Crippen LogP contribution in [0.25, 0.3) is 6.08 Å². The van der Waals surface area contributed by atoms with E-state index in [4.69, 9.17) is 16.7 Å². The Morgan fingerprint density at radius 3 is 2.81 bits per heavy atom. The zero-order chi connectivity index (χ0) is 15.4. The fraction of sp³-hybridized carbons (Fsp3) is 0.0667. The largest absolute Gasteiger partial charge is 0.478 e. The number of hydrogen-bond acceptors (Lipinski definition) is 3. The fourth-order valence-corrected chi connectivity index (χ4v) is 2.67. The lowest BCUT2D eigenvalue weighted by atomic mass is 10.2. The van der Waals surface area contributed by atoms with Gasteiger partial charge in [0.2, 0.25) is 0 Å². The predicted octanol–water partition coefficient (Wildman–Crippen LogP) is 4.06. The van der Waals surface area contributed by atoms with Gasteiger partial charge in [-0.1, -0.05) is 17.7 Å². The minimum absolute atomic E-state index is 0.291. The molecule has 0 aliphatic rings. The third-order valence-electron chi connectivity index (χ3n) is 2.82. The van der Waals surface area contributed by atoms with E-state index in [1.807, 2.05) is 6.92 Å². The van der Waals surface area contributed by atoms with Crippen molar-refractivity contribution in [3.63, 3.8) is 0 Å². The molecule has 0 radical (unpaired) electrons. The molecule has 0 spiro atoms. The van der Waals surface area contributed by atoms with Crippen molar-refractivity contribution in [2.24, 2.45) is 0 Å². The number of thiophene rings is 1. The van der Waals surface area contributed by atoms with Crippen molar-refractivity contribution in [1.29, 1.82) is 0 Å². The third-order valence-corrected chi connectivity index (χ3v) is 4.16. The predicted molar refractivity (Wildman–Crippen MR) is 85.1 cm³/mol. The van der Waals surface area contributed by atoms with Gasteiger partial charge in [0.1, 0.15) is 0 Å². The van der Waals surface area contributed by atoms with Crippen LogP contribution in [0.2, 0.25) is 5.02 Å². The number of carbonyl (C=O) groups is 2. The highest BCUT2D eigenvalue weighted by Crippen LogP contribution is 2.25. The average Bonchev–Trinajstić information content (AvgIpc) is 2.90. The third kappa shape index (κ3) is 3.71. The highest BCUT2D eigenvalue weighted by Gasteiger charge is 2.13. The monoisotopic (exact) mass is 321 g/mol. The lowest BCUT2D eigenvalue weighted by Crippen LogP contribution is -2.12. The highest BCUT2D eigenvalue weighted by atomic mass is 35.5. The second-order valence-corrected chi connectivity index (χ2v) is 5.57. The highest BCUT2D eigenvalue weighted by molar-refractivity contribution is 7.12. The lowest BCUT2D eigenvalue weighted by molar-refractivity contribution is -0.131. The number of hydrogen-bond donors (Lipinski definition) is 2. The topological polar surface area (TPSA) is 66.4 Å². The van der Waals surface area contributed by atoms with Crippen molar-refractivity contribution in [1.82, 2.24) is 0 Å². The molecule has 0 saturated heterocycles. The summed E-state index contributed by atoms with van der Waals surface area (Å²) in [5, 5.41) is 13.7. The molecule has 1 aromatic heterocycles. The van der Waals surface area contributed by atoms with E-state index in [9.17, 15) is 9.59 Å². The molecule has 0 aliphatic carbocycles. The van der Waals surface area contributed by atoms with Gasteiger partial charge in [-0.25, -0.2) is 4.79 Å². The maximum atomic E-state index is 12.3. The maximum absolute atomic E-state index is 12.3. The number of rotatable bonds is 4. The normalized spacial score (nSPS) is 10.8. The maximum Gasteiger partial charge on any atom is 0.328 e. The summed E-state index contributed by atoms with van der Waals surface area (Å²) in [6.45, 7) is 1.82. The average molecular weight is 322 g/mol. The molecule has 21 heavy (non-hydrogen) atoms. The van der Waals surface area contributed by atoms with E-state index < -0.39 is 5.97 Å². The molecule has 0 atom stereocenters. The molecule has 6 heteroatoms. The van der Waals surface area contributed by atoms with Crippen LogP contribution in [0, 0.1) is 6.92 Å². The first-order valence-corrected chi connectivity index (χ1v) is 7.29. The van der Waals surface area contributed by atoms with Crippen LogP contribution in [-0.4, -0.2) is 17.0 Å². The SMILES string of the molecule is Cc1c(Cl)cccc1NC(=O)c1sccc1C=CC(=O)O. The molecule has 2 N–H and O–H groups in total. The Balaban J connectivity index is 2.23. The van der Waals surface area contributed by atoms with Crippen LogP contribution in [0.5, 0.6) is 0 Å². The van der Waals surface area contributed by atoms with E-state index in [1.165, 1.54) is 17.4 Å².